The molecule has 1 fully saturated rings. The van der Waals surface area contributed by atoms with E-state index in [1.54, 1.807) is 12.4 Å². The summed E-state index contributed by atoms with van der Waals surface area (Å²) in [6.45, 7) is 10.1. The molecule has 3 heterocycles. The van der Waals surface area contributed by atoms with Gasteiger partial charge < -0.3 is 9.80 Å². The minimum atomic E-state index is -0.0364. The molecule has 138 valence electrons. The van der Waals surface area contributed by atoms with Crippen LogP contribution in [-0.4, -0.2) is 46.1 Å². The zero-order valence-electron chi connectivity index (χ0n) is 15.7. The fraction of sp³-hybridized carbons (Fsp3) is 0.579. The molecule has 4 rings (SSSR count). The molecule has 0 saturated carbocycles. The highest BCUT2D eigenvalue weighted by atomic mass is 35.5. The van der Waals surface area contributed by atoms with E-state index < -0.39 is 0 Å². The van der Waals surface area contributed by atoms with Crippen molar-refractivity contribution in [2.24, 2.45) is 0 Å². The van der Waals surface area contributed by atoms with Crippen LogP contribution in [0.25, 0.3) is 0 Å². The average Bonchev–Trinajstić information content (AvgIpc) is 3.10. The number of fused-ring (bicyclic) bond motifs is 1. The Morgan fingerprint density at radius 3 is 2.23 bits per heavy atom. The van der Waals surface area contributed by atoms with Gasteiger partial charge in [-0.2, -0.15) is 0 Å². The van der Waals surface area contributed by atoms with Crippen LogP contribution in [0.1, 0.15) is 44.3 Å². The molecule has 0 unspecified atom stereocenters. The van der Waals surface area contributed by atoms with E-state index in [0.29, 0.717) is 5.02 Å². The molecule has 1 aliphatic heterocycles. The fourth-order valence-corrected chi connectivity index (χ4v) is 3.69. The fourth-order valence-electron chi connectivity index (χ4n) is 3.60. The molecule has 0 amide bonds. The summed E-state index contributed by atoms with van der Waals surface area (Å²) < 4.78 is 0. The van der Waals surface area contributed by atoms with E-state index in [-0.39, 0.29) is 5.41 Å². The summed E-state index contributed by atoms with van der Waals surface area (Å²) >= 11 is 5.89. The van der Waals surface area contributed by atoms with E-state index in [9.17, 15) is 0 Å². The van der Waals surface area contributed by atoms with Crippen LogP contribution < -0.4 is 9.80 Å². The molecule has 0 aromatic carbocycles. The van der Waals surface area contributed by atoms with Crippen molar-refractivity contribution in [2.45, 2.75) is 45.4 Å². The molecule has 6 nitrogen and oxygen atoms in total. The van der Waals surface area contributed by atoms with Crippen molar-refractivity contribution in [3.63, 3.8) is 0 Å². The number of anilines is 2. The number of aryl methyl sites for hydroxylation is 1. The topological polar surface area (TPSA) is 58.0 Å². The normalized spacial score (nSPS) is 17.5. The molecule has 0 radical (unpaired) electrons. The highest BCUT2D eigenvalue weighted by Crippen LogP contribution is 2.32. The lowest BCUT2D eigenvalue weighted by molar-refractivity contribution is 0.538. The predicted molar refractivity (Wildman–Crippen MR) is 104 cm³/mol. The maximum absolute atomic E-state index is 5.89. The van der Waals surface area contributed by atoms with Crippen molar-refractivity contribution in [3.8, 4) is 0 Å². The number of rotatable bonds is 2. The number of nitrogens with zero attached hydrogens (tertiary/aromatic N) is 6. The van der Waals surface area contributed by atoms with E-state index in [1.165, 1.54) is 17.7 Å². The molecule has 0 spiro atoms. The van der Waals surface area contributed by atoms with Crippen LogP contribution in [0, 0.1) is 0 Å². The zero-order chi connectivity index (χ0) is 18.3. The summed E-state index contributed by atoms with van der Waals surface area (Å²) in [6, 6.07) is 0. The van der Waals surface area contributed by atoms with E-state index in [4.69, 9.17) is 21.6 Å². The van der Waals surface area contributed by atoms with Gasteiger partial charge in [-0.1, -0.05) is 32.4 Å². The molecule has 26 heavy (non-hydrogen) atoms. The molecule has 0 bridgehead atoms. The van der Waals surface area contributed by atoms with Gasteiger partial charge in [-0.05, 0) is 19.3 Å². The lowest BCUT2D eigenvalue weighted by Crippen LogP contribution is -2.48. The summed E-state index contributed by atoms with van der Waals surface area (Å²) in [5.41, 5.74) is 2.57. The summed E-state index contributed by atoms with van der Waals surface area (Å²) in [6.07, 6.45) is 6.66. The lowest BCUT2D eigenvalue weighted by atomic mass is 9.95. The minimum absolute atomic E-state index is 0.0364. The minimum Gasteiger partial charge on any atom is -0.353 e. The quantitative estimate of drug-likeness (QED) is 0.807. The van der Waals surface area contributed by atoms with Gasteiger partial charge >= 0.3 is 0 Å². The van der Waals surface area contributed by atoms with Crippen LogP contribution in [-0.2, 0) is 18.3 Å². The second-order valence-corrected chi connectivity index (χ2v) is 8.51. The van der Waals surface area contributed by atoms with Crippen molar-refractivity contribution in [1.29, 1.82) is 0 Å². The van der Waals surface area contributed by atoms with E-state index >= 15 is 0 Å². The highest BCUT2D eigenvalue weighted by Gasteiger charge is 2.29. The summed E-state index contributed by atoms with van der Waals surface area (Å²) in [7, 11) is 0. The molecule has 2 aliphatic rings. The van der Waals surface area contributed by atoms with Gasteiger partial charge in [-0.25, -0.2) is 19.9 Å². The van der Waals surface area contributed by atoms with E-state index in [1.807, 2.05) is 0 Å². The summed E-state index contributed by atoms with van der Waals surface area (Å²) in [5.74, 6) is 2.85. The van der Waals surface area contributed by atoms with Gasteiger partial charge in [0.2, 0.25) is 5.95 Å². The van der Waals surface area contributed by atoms with Gasteiger partial charge in [0.1, 0.15) is 11.6 Å². The standard InChI is InChI=1S/C19H25ClN6/c1-19(2,3)17-23-15-6-4-5-14(15)16(24-17)25-7-9-26(10-8-25)18-21-11-13(20)12-22-18/h11-12H,4-10H2,1-3H3. The Bertz CT molecular complexity index is 791. The SMILES string of the molecule is CC(C)(C)c1nc2c(c(N3CCN(c4ncc(Cl)cn4)CC3)n1)CCC2. The molecule has 2 aromatic rings. The summed E-state index contributed by atoms with van der Waals surface area (Å²) in [5, 5.41) is 0.568. The third kappa shape index (κ3) is 3.34. The Morgan fingerprint density at radius 1 is 0.923 bits per heavy atom. The molecular weight excluding hydrogens is 348 g/mol. The Labute approximate surface area is 159 Å². The van der Waals surface area contributed by atoms with Crippen molar-refractivity contribution in [3.05, 3.63) is 34.5 Å². The second kappa shape index (κ2) is 6.65. The Kier molecular flexibility index (Phi) is 4.47. The average molecular weight is 373 g/mol. The smallest absolute Gasteiger partial charge is 0.225 e. The number of aromatic nitrogens is 4. The van der Waals surface area contributed by atoms with Crippen molar-refractivity contribution >= 4 is 23.4 Å². The van der Waals surface area contributed by atoms with Crippen LogP contribution in [0.3, 0.4) is 0 Å². The summed E-state index contributed by atoms with van der Waals surface area (Å²) in [4.78, 5) is 23.2. The number of piperazine rings is 1. The van der Waals surface area contributed by atoms with E-state index in [0.717, 1.165) is 56.6 Å². The molecule has 1 saturated heterocycles. The van der Waals surface area contributed by atoms with Gasteiger partial charge in [-0.15, -0.1) is 0 Å². The Morgan fingerprint density at radius 2 is 1.58 bits per heavy atom. The number of hydrogen-bond donors (Lipinski definition) is 0. The number of hydrogen-bond acceptors (Lipinski definition) is 6. The first-order valence-corrected chi connectivity index (χ1v) is 9.67. The molecule has 1 aliphatic carbocycles. The lowest BCUT2D eigenvalue weighted by Gasteiger charge is -2.36. The van der Waals surface area contributed by atoms with Crippen LogP contribution in [0.4, 0.5) is 11.8 Å². The second-order valence-electron chi connectivity index (χ2n) is 8.07. The third-order valence-electron chi connectivity index (χ3n) is 5.05. The first-order valence-electron chi connectivity index (χ1n) is 9.29. The van der Waals surface area contributed by atoms with Gasteiger partial charge in [0.05, 0.1) is 17.4 Å². The van der Waals surface area contributed by atoms with Crippen LogP contribution in [0.5, 0.6) is 0 Å². The Hall–Kier alpha value is -1.95. The maximum atomic E-state index is 5.89. The molecule has 7 heteroatoms. The highest BCUT2D eigenvalue weighted by molar-refractivity contribution is 6.30. The van der Waals surface area contributed by atoms with Crippen molar-refractivity contribution < 1.29 is 0 Å². The van der Waals surface area contributed by atoms with E-state index in [2.05, 4.69) is 40.5 Å². The molecule has 0 atom stereocenters. The molecular formula is C19H25ClN6. The van der Waals surface area contributed by atoms with Gasteiger partial charge in [0.15, 0.2) is 0 Å². The largest absolute Gasteiger partial charge is 0.353 e. The Balaban J connectivity index is 1.56. The molecule has 2 aromatic heterocycles. The van der Waals surface area contributed by atoms with Crippen LogP contribution in [0.2, 0.25) is 5.02 Å². The van der Waals surface area contributed by atoms with Crippen molar-refractivity contribution in [2.75, 3.05) is 36.0 Å². The monoisotopic (exact) mass is 372 g/mol. The van der Waals surface area contributed by atoms with Crippen LogP contribution in [0.15, 0.2) is 12.4 Å². The van der Waals surface area contributed by atoms with Gasteiger partial charge in [-0.3, -0.25) is 0 Å². The molecule has 0 N–H and O–H groups in total. The third-order valence-corrected chi connectivity index (χ3v) is 5.25. The maximum Gasteiger partial charge on any atom is 0.225 e. The van der Waals surface area contributed by atoms with Gasteiger partial charge in [0.25, 0.3) is 0 Å². The first kappa shape index (κ1) is 17.5. The van der Waals surface area contributed by atoms with Crippen molar-refractivity contribution in [1.82, 2.24) is 19.9 Å². The zero-order valence-corrected chi connectivity index (χ0v) is 16.4. The first-order chi connectivity index (χ1) is 12.4. The predicted octanol–water partition coefficient (Wildman–Crippen LogP) is 3.03. The number of halogens is 1. The van der Waals surface area contributed by atoms with Crippen LogP contribution >= 0.6 is 11.6 Å². The van der Waals surface area contributed by atoms with Gasteiger partial charge in [0, 0.05) is 42.9 Å².